The highest BCUT2D eigenvalue weighted by Gasteiger charge is 2.32. The Balaban J connectivity index is 1.92. The molecule has 0 radical (unpaired) electrons. The number of rotatable bonds is 1. The average Bonchev–Trinajstić information content (AvgIpc) is 2.27. The normalized spacial score (nSPS) is 32.5. The summed E-state index contributed by atoms with van der Waals surface area (Å²) in [6.07, 6.45) is 6.65. The van der Waals surface area contributed by atoms with Crippen LogP contribution in [0, 0.1) is 11.8 Å². The molecule has 3 heteroatoms. The summed E-state index contributed by atoms with van der Waals surface area (Å²) in [7, 11) is 0. The predicted molar refractivity (Wildman–Crippen MR) is 57.4 cm³/mol. The standard InChI is InChI=1S/C11H18ClNO/c12-7-11(14)13-6-5-9-3-1-2-4-10(9)8-13/h9-10H,1-8H2/t9-,10-/m0/s1. The number of piperidine rings is 1. The maximum absolute atomic E-state index is 11.4. The van der Waals surface area contributed by atoms with Gasteiger partial charge in [-0.25, -0.2) is 0 Å². The van der Waals surface area contributed by atoms with Gasteiger partial charge in [-0.3, -0.25) is 4.79 Å². The second kappa shape index (κ2) is 4.52. The molecule has 1 saturated carbocycles. The minimum absolute atomic E-state index is 0.121. The summed E-state index contributed by atoms with van der Waals surface area (Å²) in [6.45, 7) is 1.91. The van der Waals surface area contributed by atoms with Crippen LogP contribution in [0.4, 0.5) is 0 Å². The third-order valence-corrected chi connectivity index (χ3v) is 3.99. The van der Waals surface area contributed by atoms with E-state index in [1.165, 1.54) is 32.1 Å². The van der Waals surface area contributed by atoms with Crippen LogP contribution >= 0.6 is 11.6 Å². The van der Waals surface area contributed by atoms with Gasteiger partial charge in [0.05, 0.1) is 0 Å². The van der Waals surface area contributed by atoms with Crippen LogP contribution in [0.15, 0.2) is 0 Å². The summed E-state index contributed by atoms with van der Waals surface area (Å²) in [5, 5.41) is 0. The molecular formula is C11H18ClNO. The van der Waals surface area contributed by atoms with Crippen molar-refractivity contribution in [3.05, 3.63) is 0 Å². The number of alkyl halides is 1. The highest BCUT2D eigenvalue weighted by atomic mass is 35.5. The van der Waals surface area contributed by atoms with Crippen LogP contribution in [0.25, 0.3) is 0 Å². The Morgan fingerprint density at radius 2 is 1.93 bits per heavy atom. The van der Waals surface area contributed by atoms with Gasteiger partial charge in [-0.1, -0.05) is 19.3 Å². The number of carbonyl (C=O) groups is 1. The number of hydrogen-bond donors (Lipinski definition) is 0. The van der Waals surface area contributed by atoms with Gasteiger partial charge in [-0.05, 0) is 24.7 Å². The van der Waals surface area contributed by atoms with Gasteiger partial charge in [0.1, 0.15) is 5.88 Å². The second-order valence-corrected chi connectivity index (χ2v) is 4.83. The van der Waals surface area contributed by atoms with Crippen molar-refractivity contribution in [2.45, 2.75) is 32.1 Å². The highest BCUT2D eigenvalue weighted by molar-refractivity contribution is 6.27. The lowest BCUT2D eigenvalue weighted by atomic mass is 9.75. The maximum Gasteiger partial charge on any atom is 0.237 e. The van der Waals surface area contributed by atoms with Gasteiger partial charge in [0.15, 0.2) is 0 Å². The third-order valence-electron chi connectivity index (χ3n) is 3.76. The number of halogens is 1. The molecule has 0 aromatic carbocycles. The van der Waals surface area contributed by atoms with Crippen molar-refractivity contribution in [1.29, 1.82) is 0 Å². The summed E-state index contributed by atoms with van der Waals surface area (Å²) in [4.78, 5) is 13.4. The molecule has 80 valence electrons. The fourth-order valence-electron chi connectivity index (χ4n) is 2.91. The summed E-state index contributed by atoms with van der Waals surface area (Å²) < 4.78 is 0. The first-order chi connectivity index (χ1) is 6.81. The Morgan fingerprint density at radius 3 is 2.64 bits per heavy atom. The molecule has 0 N–H and O–H groups in total. The van der Waals surface area contributed by atoms with Crippen LogP contribution in [0.3, 0.4) is 0 Å². The van der Waals surface area contributed by atoms with E-state index in [4.69, 9.17) is 11.6 Å². The van der Waals surface area contributed by atoms with Crippen molar-refractivity contribution < 1.29 is 4.79 Å². The molecule has 0 aromatic rings. The lowest BCUT2D eigenvalue weighted by molar-refractivity contribution is -0.131. The van der Waals surface area contributed by atoms with Crippen molar-refractivity contribution in [3.8, 4) is 0 Å². The monoisotopic (exact) mass is 215 g/mol. The van der Waals surface area contributed by atoms with E-state index in [2.05, 4.69) is 0 Å². The van der Waals surface area contributed by atoms with Crippen LogP contribution < -0.4 is 0 Å². The number of likely N-dealkylation sites (tertiary alicyclic amines) is 1. The minimum Gasteiger partial charge on any atom is -0.341 e. The lowest BCUT2D eigenvalue weighted by Crippen LogP contribution is -2.45. The molecule has 1 amide bonds. The van der Waals surface area contributed by atoms with E-state index < -0.39 is 0 Å². The minimum atomic E-state index is 0.121. The number of fused-ring (bicyclic) bond motifs is 1. The van der Waals surface area contributed by atoms with Crippen molar-refractivity contribution in [2.24, 2.45) is 11.8 Å². The summed E-state index contributed by atoms with van der Waals surface area (Å²) in [5.41, 5.74) is 0. The molecule has 2 fully saturated rings. The van der Waals surface area contributed by atoms with Crippen LogP contribution in [0.2, 0.25) is 0 Å². The van der Waals surface area contributed by atoms with E-state index >= 15 is 0 Å². The zero-order chi connectivity index (χ0) is 9.97. The summed E-state index contributed by atoms with van der Waals surface area (Å²) in [6, 6.07) is 0. The van der Waals surface area contributed by atoms with E-state index in [-0.39, 0.29) is 11.8 Å². The Bertz CT molecular complexity index is 219. The Hall–Kier alpha value is -0.240. The molecular weight excluding hydrogens is 198 g/mol. The van der Waals surface area contributed by atoms with E-state index in [0.29, 0.717) is 0 Å². The Kier molecular flexibility index (Phi) is 3.32. The van der Waals surface area contributed by atoms with Gasteiger partial charge in [0.25, 0.3) is 0 Å². The zero-order valence-corrected chi connectivity index (χ0v) is 9.30. The van der Waals surface area contributed by atoms with Crippen molar-refractivity contribution in [3.63, 3.8) is 0 Å². The number of carbonyl (C=O) groups excluding carboxylic acids is 1. The van der Waals surface area contributed by atoms with Crippen molar-refractivity contribution in [2.75, 3.05) is 19.0 Å². The van der Waals surface area contributed by atoms with Crippen LogP contribution in [0.1, 0.15) is 32.1 Å². The Morgan fingerprint density at radius 1 is 1.21 bits per heavy atom. The molecule has 2 nitrogen and oxygen atoms in total. The molecule has 1 aliphatic heterocycles. The van der Waals surface area contributed by atoms with E-state index in [1.54, 1.807) is 0 Å². The Labute approximate surface area is 90.6 Å². The van der Waals surface area contributed by atoms with Gasteiger partial charge >= 0.3 is 0 Å². The van der Waals surface area contributed by atoms with Gasteiger partial charge in [-0.15, -0.1) is 11.6 Å². The molecule has 0 aromatic heterocycles. The fraction of sp³-hybridized carbons (Fsp3) is 0.909. The van der Waals surface area contributed by atoms with Crippen LogP contribution in [-0.2, 0) is 4.79 Å². The summed E-state index contributed by atoms with van der Waals surface area (Å²) >= 11 is 5.57. The third kappa shape index (κ3) is 2.05. The quantitative estimate of drug-likeness (QED) is 0.615. The topological polar surface area (TPSA) is 20.3 Å². The zero-order valence-electron chi connectivity index (χ0n) is 8.54. The average molecular weight is 216 g/mol. The smallest absolute Gasteiger partial charge is 0.237 e. The molecule has 0 bridgehead atoms. The van der Waals surface area contributed by atoms with Crippen molar-refractivity contribution >= 4 is 17.5 Å². The molecule has 0 spiro atoms. The maximum atomic E-state index is 11.4. The van der Waals surface area contributed by atoms with Crippen LogP contribution in [0.5, 0.6) is 0 Å². The molecule has 1 aliphatic carbocycles. The number of hydrogen-bond acceptors (Lipinski definition) is 1. The molecule has 2 aliphatic rings. The SMILES string of the molecule is O=C(CCl)N1CC[C@@H]2CCCC[C@H]2C1. The molecule has 14 heavy (non-hydrogen) atoms. The highest BCUT2D eigenvalue weighted by Crippen LogP contribution is 2.35. The first-order valence-electron chi connectivity index (χ1n) is 5.65. The number of nitrogens with zero attached hydrogens (tertiary/aromatic N) is 1. The second-order valence-electron chi connectivity index (χ2n) is 4.57. The molecule has 0 unspecified atom stereocenters. The van der Waals surface area contributed by atoms with E-state index in [0.717, 1.165) is 24.9 Å². The molecule has 1 heterocycles. The van der Waals surface area contributed by atoms with Gasteiger partial charge in [0.2, 0.25) is 5.91 Å². The van der Waals surface area contributed by atoms with Crippen LogP contribution in [-0.4, -0.2) is 29.8 Å². The number of amides is 1. The lowest BCUT2D eigenvalue weighted by Gasteiger charge is -2.41. The predicted octanol–water partition coefficient (Wildman–Crippen LogP) is 2.26. The first-order valence-corrected chi connectivity index (χ1v) is 6.18. The molecule has 2 atom stereocenters. The van der Waals surface area contributed by atoms with Crippen molar-refractivity contribution in [1.82, 2.24) is 4.90 Å². The molecule has 1 saturated heterocycles. The summed E-state index contributed by atoms with van der Waals surface area (Å²) in [5.74, 6) is 1.93. The largest absolute Gasteiger partial charge is 0.341 e. The van der Waals surface area contributed by atoms with Gasteiger partial charge in [0, 0.05) is 13.1 Å². The fourth-order valence-corrected chi connectivity index (χ4v) is 3.08. The first kappa shape index (κ1) is 10.3. The van der Waals surface area contributed by atoms with E-state index in [9.17, 15) is 4.79 Å². The molecule has 2 rings (SSSR count). The van der Waals surface area contributed by atoms with E-state index in [1.807, 2.05) is 4.90 Å². The van der Waals surface area contributed by atoms with Gasteiger partial charge < -0.3 is 4.90 Å². The van der Waals surface area contributed by atoms with Gasteiger partial charge in [-0.2, -0.15) is 0 Å².